The first-order valence-corrected chi connectivity index (χ1v) is 6.23. The van der Waals surface area contributed by atoms with Crippen LogP contribution in [-0.2, 0) is 0 Å². The summed E-state index contributed by atoms with van der Waals surface area (Å²) in [6.45, 7) is 1.69. The van der Waals surface area contributed by atoms with Crippen molar-refractivity contribution in [1.29, 1.82) is 0 Å². The van der Waals surface area contributed by atoms with E-state index in [4.69, 9.17) is 0 Å². The summed E-state index contributed by atoms with van der Waals surface area (Å²) in [6.07, 6.45) is 2.89. The molecule has 0 bridgehead atoms. The minimum Gasteiger partial charge on any atom is -0.357 e. The molecule has 3 rings (SSSR count). The molecule has 0 fully saturated rings. The van der Waals surface area contributed by atoms with Crippen LogP contribution in [0.5, 0.6) is 0 Å². The molecule has 0 aliphatic heterocycles. The Balaban J connectivity index is 2.13. The van der Waals surface area contributed by atoms with Gasteiger partial charge in [-0.05, 0) is 30.7 Å². The van der Waals surface area contributed by atoms with E-state index >= 15 is 0 Å². The Morgan fingerprint density at radius 1 is 1.19 bits per heavy atom. The molecular weight excluding hydrogens is 273 g/mol. The normalized spacial score (nSPS) is 10.6. The number of aromatic nitrogens is 6. The van der Waals surface area contributed by atoms with Crippen LogP contribution < -0.4 is 5.32 Å². The molecule has 1 N–H and O–H groups in total. The van der Waals surface area contributed by atoms with E-state index in [2.05, 4.69) is 30.4 Å². The monoisotopic (exact) mass is 285 g/mol. The maximum absolute atomic E-state index is 13.4. The number of nitrogens with zero attached hydrogens (tertiary/aromatic N) is 6. The lowest BCUT2D eigenvalue weighted by molar-refractivity contribution is 0.618. The number of rotatable bonds is 3. The smallest absolute Gasteiger partial charge is 0.257 e. The molecular formula is C13H12FN7. The van der Waals surface area contributed by atoms with E-state index in [1.54, 1.807) is 26.1 Å². The zero-order chi connectivity index (χ0) is 14.8. The lowest BCUT2D eigenvalue weighted by atomic mass is 10.1. The Bertz CT molecular complexity index is 770. The second kappa shape index (κ2) is 5.23. The highest BCUT2D eigenvalue weighted by molar-refractivity contribution is 5.58. The molecule has 0 radical (unpaired) electrons. The van der Waals surface area contributed by atoms with E-state index in [-0.39, 0.29) is 5.82 Å². The molecule has 0 unspecified atom stereocenters. The van der Waals surface area contributed by atoms with E-state index in [1.165, 1.54) is 23.4 Å². The standard InChI is InChI=1S/C13H12FN7/c1-8-5-9(3-4-10(8)14)11-18-12(15-2)20-13(19-11)21-7-16-6-17-21/h3-7H,1-2H3,(H,15,18,19,20). The van der Waals surface area contributed by atoms with Crippen molar-refractivity contribution in [2.45, 2.75) is 6.92 Å². The average molecular weight is 285 g/mol. The quantitative estimate of drug-likeness (QED) is 0.787. The molecule has 0 spiro atoms. The van der Waals surface area contributed by atoms with Crippen molar-refractivity contribution in [3.63, 3.8) is 0 Å². The molecule has 2 heterocycles. The summed E-state index contributed by atoms with van der Waals surface area (Å²) in [5.74, 6) is 0.900. The molecule has 0 amide bonds. The van der Waals surface area contributed by atoms with Gasteiger partial charge in [-0.2, -0.15) is 24.7 Å². The number of hydrogen-bond donors (Lipinski definition) is 1. The molecule has 7 nitrogen and oxygen atoms in total. The van der Waals surface area contributed by atoms with E-state index < -0.39 is 0 Å². The van der Waals surface area contributed by atoms with Gasteiger partial charge in [0.2, 0.25) is 5.95 Å². The number of anilines is 1. The molecule has 3 aromatic rings. The highest BCUT2D eigenvalue weighted by Gasteiger charge is 2.11. The van der Waals surface area contributed by atoms with Crippen molar-refractivity contribution in [2.75, 3.05) is 12.4 Å². The van der Waals surface area contributed by atoms with Gasteiger partial charge in [0, 0.05) is 12.6 Å². The first-order chi connectivity index (χ1) is 10.2. The van der Waals surface area contributed by atoms with Gasteiger partial charge in [-0.25, -0.2) is 9.37 Å². The number of aryl methyl sites for hydroxylation is 1. The second-order valence-corrected chi connectivity index (χ2v) is 4.34. The molecule has 0 aliphatic carbocycles. The zero-order valence-electron chi connectivity index (χ0n) is 11.4. The van der Waals surface area contributed by atoms with Gasteiger partial charge >= 0.3 is 0 Å². The summed E-state index contributed by atoms with van der Waals surface area (Å²) in [5, 5.41) is 6.86. The largest absolute Gasteiger partial charge is 0.357 e. The maximum atomic E-state index is 13.4. The molecule has 21 heavy (non-hydrogen) atoms. The summed E-state index contributed by atoms with van der Waals surface area (Å²) in [7, 11) is 1.71. The Kier molecular flexibility index (Phi) is 3.27. The van der Waals surface area contributed by atoms with Gasteiger partial charge in [0.25, 0.3) is 5.95 Å². The van der Waals surface area contributed by atoms with E-state index in [1.807, 2.05) is 0 Å². The Labute approximate surface area is 119 Å². The molecule has 0 aliphatic rings. The second-order valence-electron chi connectivity index (χ2n) is 4.34. The van der Waals surface area contributed by atoms with Crippen LogP contribution in [0.25, 0.3) is 17.3 Å². The average Bonchev–Trinajstić information content (AvgIpc) is 3.04. The third kappa shape index (κ3) is 2.55. The van der Waals surface area contributed by atoms with E-state index in [0.29, 0.717) is 28.8 Å². The predicted octanol–water partition coefficient (Wildman–Crippen LogP) is 1.61. The van der Waals surface area contributed by atoms with Crippen LogP contribution in [0.3, 0.4) is 0 Å². The van der Waals surface area contributed by atoms with E-state index in [9.17, 15) is 4.39 Å². The summed E-state index contributed by atoms with van der Waals surface area (Å²) in [5.41, 5.74) is 1.23. The van der Waals surface area contributed by atoms with E-state index in [0.717, 1.165) is 0 Å². The Morgan fingerprint density at radius 3 is 2.71 bits per heavy atom. The Morgan fingerprint density at radius 2 is 2.05 bits per heavy atom. The zero-order valence-corrected chi connectivity index (χ0v) is 11.4. The Hall–Kier alpha value is -2.90. The number of halogens is 1. The van der Waals surface area contributed by atoms with Crippen LogP contribution in [0.1, 0.15) is 5.56 Å². The summed E-state index contributed by atoms with van der Waals surface area (Å²) >= 11 is 0. The fourth-order valence-corrected chi connectivity index (χ4v) is 1.80. The molecule has 0 atom stereocenters. The van der Waals surface area contributed by atoms with Crippen LogP contribution in [-0.4, -0.2) is 36.8 Å². The topological polar surface area (TPSA) is 81.4 Å². The van der Waals surface area contributed by atoms with Gasteiger partial charge in [-0.3, -0.25) is 0 Å². The SMILES string of the molecule is CNc1nc(-c2ccc(F)c(C)c2)nc(-n2cncn2)n1. The van der Waals surface area contributed by atoms with Gasteiger partial charge in [-0.15, -0.1) is 0 Å². The third-order valence-corrected chi connectivity index (χ3v) is 2.89. The minimum atomic E-state index is -0.266. The molecule has 0 saturated carbocycles. The van der Waals surface area contributed by atoms with Crippen LogP contribution in [0.4, 0.5) is 10.3 Å². The third-order valence-electron chi connectivity index (χ3n) is 2.89. The van der Waals surface area contributed by atoms with Crippen molar-refractivity contribution in [2.24, 2.45) is 0 Å². The van der Waals surface area contributed by atoms with Gasteiger partial charge < -0.3 is 5.32 Å². The lowest BCUT2D eigenvalue weighted by Gasteiger charge is -2.07. The van der Waals surface area contributed by atoms with Crippen LogP contribution in [0.15, 0.2) is 30.9 Å². The van der Waals surface area contributed by atoms with Crippen LogP contribution >= 0.6 is 0 Å². The molecule has 8 heteroatoms. The summed E-state index contributed by atoms with van der Waals surface area (Å²) in [6, 6.07) is 4.71. The first-order valence-electron chi connectivity index (χ1n) is 6.23. The number of hydrogen-bond acceptors (Lipinski definition) is 6. The van der Waals surface area contributed by atoms with Gasteiger partial charge in [0.1, 0.15) is 18.5 Å². The van der Waals surface area contributed by atoms with Crippen LogP contribution in [0, 0.1) is 12.7 Å². The highest BCUT2D eigenvalue weighted by Crippen LogP contribution is 2.20. The van der Waals surface area contributed by atoms with Crippen molar-refractivity contribution >= 4 is 5.95 Å². The fraction of sp³-hybridized carbons (Fsp3) is 0.154. The van der Waals surface area contributed by atoms with Gasteiger partial charge in [0.15, 0.2) is 5.82 Å². The molecule has 2 aromatic heterocycles. The molecule has 106 valence electrons. The fourth-order valence-electron chi connectivity index (χ4n) is 1.80. The first kappa shape index (κ1) is 13.1. The van der Waals surface area contributed by atoms with Crippen molar-refractivity contribution in [1.82, 2.24) is 29.7 Å². The lowest BCUT2D eigenvalue weighted by Crippen LogP contribution is -2.08. The van der Waals surface area contributed by atoms with Crippen molar-refractivity contribution < 1.29 is 4.39 Å². The van der Waals surface area contributed by atoms with Crippen molar-refractivity contribution in [3.05, 3.63) is 42.2 Å². The summed E-state index contributed by atoms with van der Waals surface area (Å²) in [4.78, 5) is 16.7. The molecule has 1 aromatic carbocycles. The van der Waals surface area contributed by atoms with Crippen LogP contribution in [0.2, 0.25) is 0 Å². The highest BCUT2D eigenvalue weighted by atomic mass is 19.1. The number of benzene rings is 1. The summed E-state index contributed by atoms with van der Waals surface area (Å²) < 4.78 is 14.8. The van der Waals surface area contributed by atoms with Gasteiger partial charge in [-0.1, -0.05) is 0 Å². The number of nitrogens with one attached hydrogen (secondary N) is 1. The maximum Gasteiger partial charge on any atom is 0.257 e. The van der Waals surface area contributed by atoms with Gasteiger partial charge in [0.05, 0.1) is 0 Å². The predicted molar refractivity (Wildman–Crippen MR) is 74.4 cm³/mol. The van der Waals surface area contributed by atoms with Crippen molar-refractivity contribution in [3.8, 4) is 17.3 Å². The minimum absolute atomic E-state index is 0.266. The molecule has 0 saturated heterocycles.